The fourth-order valence-electron chi connectivity index (χ4n) is 1.64. The molecule has 0 aromatic heterocycles. The summed E-state index contributed by atoms with van der Waals surface area (Å²) in [7, 11) is 1.77. The van der Waals surface area contributed by atoms with Gasteiger partial charge in [-0.25, -0.2) is 0 Å². The topological polar surface area (TPSA) is 29.5 Å². The Kier molecular flexibility index (Phi) is 8.07. The summed E-state index contributed by atoms with van der Waals surface area (Å²) in [6, 6.07) is 0. The Balaban J connectivity index is 3.12. The minimum atomic E-state index is -0.482. The lowest BCUT2D eigenvalue weighted by Crippen LogP contribution is -2.17. The van der Waals surface area contributed by atoms with Crippen LogP contribution in [0.3, 0.4) is 0 Å². The van der Waals surface area contributed by atoms with E-state index in [0.29, 0.717) is 6.10 Å². The van der Waals surface area contributed by atoms with Gasteiger partial charge in [-0.05, 0) is 33.6 Å². The van der Waals surface area contributed by atoms with E-state index in [9.17, 15) is 5.11 Å². The highest BCUT2D eigenvalue weighted by Gasteiger charge is 2.10. The van der Waals surface area contributed by atoms with Crippen LogP contribution < -0.4 is 0 Å². The van der Waals surface area contributed by atoms with Crippen molar-refractivity contribution in [3.63, 3.8) is 0 Å². The molecule has 0 aromatic rings. The molecule has 1 N–H and O–H groups in total. The lowest BCUT2D eigenvalue weighted by molar-refractivity contribution is 0.0679. The molecule has 0 aliphatic heterocycles. The minimum absolute atomic E-state index is 0.404. The molecule has 2 nitrogen and oxygen atoms in total. The molecule has 0 bridgehead atoms. The van der Waals surface area contributed by atoms with E-state index >= 15 is 0 Å². The molecule has 0 aromatic carbocycles. The zero-order valence-electron chi connectivity index (χ0n) is 10.9. The summed E-state index contributed by atoms with van der Waals surface area (Å²) >= 11 is 0. The smallest absolute Gasteiger partial charge is 0.0591 e. The van der Waals surface area contributed by atoms with Crippen LogP contribution in [-0.4, -0.2) is 23.9 Å². The highest BCUT2D eigenvalue weighted by atomic mass is 16.5. The molecule has 0 spiro atoms. The first-order valence-corrected chi connectivity index (χ1v) is 6.21. The number of methoxy groups -OCH3 is 1. The average molecular weight is 216 g/mol. The summed E-state index contributed by atoms with van der Waals surface area (Å²) in [5.41, 5.74) is -0.482. The van der Waals surface area contributed by atoms with Gasteiger partial charge in [-0.15, -0.1) is 0 Å². The summed E-state index contributed by atoms with van der Waals surface area (Å²) in [4.78, 5) is 0. The van der Waals surface area contributed by atoms with Crippen molar-refractivity contribution in [2.45, 2.75) is 77.4 Å². The number of ether oxygens (including phenoxy) is 1. The van der Waals surface area contributed by atoms with Gasteiger partial charge in [-0.1, -0.05) is 32.1 Å². The Morgan fingerprint density at radius 3 is 2.13 bits per heavy atom. The molecule has 92 valence electrons. The molecule has 0 radical (unpaired) electrons. The molecule has 2 heteroatoms. The number of hydrogen-bond acceptors (Lipinski definition) is 2. The highest BCUT2D eigenvalue weighted by Crippen LogP contribution is 2.15. The largest absolute Gasteiger partial charge is 0.390 e. The molecule has 1 unspecified atom stereocenters. The van der Waals surface area contributed by atoms with Gasteiger partial charge in [0.25, 0.3) is 0 Å². The fourth-order valence-corrected chi connectivity index (χ4v) is 1.64. The maximum absolute atomic E-state index is 9.51. The Morgan fingerprint density at radius 2 is 1.60 bits per heavy atom. The summed E-state index contributed by atoms with van der Waals surface area (Å²) in [5.74, 6) is 0. The van der Waals surface area contributed by atoms with E-state index in [0.717, 1.165) is 12.8 Å². The first-order chi connectivity index (χ1) is 6.95. The van der Waals surface area contributed by atoms with Crippen molar-refractivity contribution in [1.82, 2.24) is 0 Å². The Hall–Kier alpha value is -0.0800. The Labute approximate surface area is 95.0 Å². The first-order valence-electron chi connectivity index (χ1n) is 6.21. The molecule has 0 rings (SSSR count). The van der Waals surface area contributed by atoms with Crippen LogP contribution in [-0.2, 0) is 4.74 Å². The van der Waals surface area contributed by atoms with Gasteiger partial charge in [0.05, 0.1) is 11.7 Å². The van der Waals surface area contributed by atoms with Crippen molar-refractivity contribution in [3.8, 4) is 0 Å². The zero-order valence-corrected chi connectivity index (χ0v) is 10.9. The van der Waals surface area contributed by atoms with E-state index in [1.807, 2.05) is 13.8 Å². The molecule has 0 aliphatic carbocycles. The van der Waals surface area contributed by atoms with E-state index in [-0.39, 0.29) is 0 Å². The van der Waals surface area contributed by atoms with Crippen molar-refractivity contribution in [1.29, 1.82) is 0 Å². The molecular weight excluding hydrogens is 188 g/mol. The van der Waals surface area contributed by atoms with Crippen LogP contribution in [0.25, 0.3) is 0 Å². The van der Waals surface area contributed by atoms with Crippen LogP contribution in [0.4, 0.5) is 0 Å². The third kappa shape index (κ3) is 11.8. The van der Waals surface area contributed by atoms with Gasteiger partial charge in [0, 0.05) is 7.11 Å². The van der Waals surface area contributed by atoms with Crippen LogP contribution in [0, 0.1) is 0 Å². The van der Waals surface area contributed by atoms with Gasteiger partial charge in [0.2, 0.25) is 0 Å². The van der Waals surface area contributed by atoms with Gasteiger partial charge < -0.3 is 9.84 Å². The number of rotatable bonds is 9. The normalized spacial score (nSPS) is 14.2. The first kappa shape index (κ1) is 14.9. The van der Waals surface area contributed by atoms with Gasteiger partial charge >= 0.3 is 0 Å². The molecule has 0 heterocycles. The SMILES string of the molecule is COC(C)CCCCCCCC(C)(C)O. The second kappa shape index (κ2) is 8.12. The van der Waals surface area contributed by atoms with Crippen molar-refractivity contribution in [2.75, 3.05) is 7.11 Å². The monoisotopic (exact) mass is 216 g/mol. The maximum Gasteiger partial charge on any atom is 0.0591 e. The molecule has 15 heavy (non-hydrogen) atoms. The van der Waals surface area contributed by atoms with Crippen molar-refractivity contribution in [3.05, 3.63) is 0 Å². The number of hydrogen-bond donors (Lipinski definition) is 1. The summed E-state index contributed by atoms with van der Waals surface area (Å²) in [6.07, 6.45) is 8.71. The quantitative estimate of drug-likeness (QED) is 0.597. The second-order valence-corrected chi connectivity index (χ2v) is 5.17. The zero-order chi connectivity index (χ0) is 11.7. The second-order valence-electron chi connectivity index (χ2n) is 5.17. The van der Waals surface area contributed by atoms with Crippen molar-refractivity contribution < 1.29 is 9.84 Å². The highest BCUT2D eigenvalue weighted by molar-refractivity contribution is 4.64. The molecule has 0 aliphatic rings. The fraction of sp³-hybridized carbons (Fsp3) is 1.00. The average Bonchev–Trinajstić information content (AvgIpc) is 2.14. The predicted molar refractivity (Wildman–Crippen MR) is 65.1 cm³/mol. The van der Waals surface area contributed by atoms with Gasteiger partial charge in [0.15, 0.2) is 0 Å². The molecule has 0 saturated heterocycles. The van der Waals surface area contributed by atoms with Crippen molar-refractivity contribution in [2.24, 2.45) is 0 Å². The minimum Gasteiger partial charge on any atom is -0.390 e. The van der Waals surface area contributed by atoms with Crippen molar-refractivity contribution >= 4 is 0 Å². The van der Waals surface area contributed by atoms with Gasteiger partial charge in [-0.2, -0.15) is 0 Å². The van der Waals surface area contributed by atoms with Gasteiger partial charge in [0.1, 0.15) is 0 Å². The summed E-state index contributed by atoms with van der Waals surface area (Å²) in [6.45, 7) is 5.88. The Bertz CT molecular complexity index is 138. The molecule has 1 atom stereocenters. The number of aliphatic hydroxyl groups is 1. The van der Waals surface area contributed by atoms with Gasteiger partial charge in [-0.3, -0.25) is 0 Å². The molecule has 0 amide bonds. The standard InChI is InChI=1S/C13H28O2/c1-12(15-4)10-8-6-5-7-9-11-13(2,3)14/h12,14H,5-11H2,1-4H3. The van der Waals surface area contributed by atoms with Crippen LogP contribution in [0.2, 0.25) is 0 Å². The summed E-state index contributed by atoms with van der Waals surface area (Å²) < 4.78 is 5.19. The summed E-state index contributed by atoms with van der Waals surface area (Å²) in [5, 5.41) is 9.51. The van der Waals surface area contributed by atoms with Crippen LogP contribution >= 0.6 is 0 Å². The molecule has 0 saturated carbocycles. The van der Waals surface area contributed by atoms with E-state index in [1.165, 1.54) is 32.1 Å². The Morgan fingerprint density at radius 1 is 1.07 bits per heavy atom. The number of unbranched alkanes of at least 4 members (excludes halogenated alkanes) is 4. The van der Waals surface area contributed by atoms with E-state index in [1.54, 1.807) is 7.11 Å². The van der Waals surface area contributed by atoms with E-state index in [2.05, 4.69) is 6.92 Å². The third-order valence-corrected chi connectivity index (χ3v) is 2.80. The lowest BCUT2D eigenvalue weighted by atomic mass is 9.99. The lowest BCUT2D eigenvalue weighted by Gasteiger charge is -2.16. The van der Waals surface area contributed by atoms with Crippen LogP contribution in [0.15, 0.2) is 0 Å². The maximum atomic E-state index is 9.51. The molecular formula is C13H28O2. The van der Waals surface area contributed by atoms with E-state index in [4.69, 9.17) is 4.74 Å². The van der Waals surface area contributed by atoms with E-state index < -0.39 is 5.60 Å². The molecule has 0 fully saturated rings. The van der Waals surface area contributed by atoms with Crippen LogP contribution in [0.5, 0.6) is 0 Å². The predicted octanol–water partition coefficient (Wildman–Crippen LogP) is 3.52. The third-order valence-electron chi connectivity index (χ3n) is 2.80. The van der Waals surface area contributed by atoms with Crippen LogP contribution in [0.1, 0.15) is 65.7 Å².